The van der Waals surface area contributed by atoms with Gasteiger partial charge in [0.15, 0.2) is 0 Å². The highest BCUT2D eigenvalue weighted by Crippen LogP contribution is 2.23. The first kappa shape index (κ1) is 10.0. The quantitative estimate of drug-likeness (QED) is 0.612. The van der Waals surface area contributed by atoms with Gasteiger partial charge in [0, 0.05) is 5.92 Å². The molecule has 0 aliphatic carbocycles. The van der Waals surface area contributed by atoms with Crippen molar-refractivity contribution < 1.29 is 0 Å². The lowest BCUT2D eigenvalue weighted by Crippen LogP contribution is -1.98. The molecule has 0 bridgehead atoms. The Kier molecular flexibility index (Phi) is 3.30. The average molecular weight is 173 g/mol. The third-order valence-electron chi connectivity index (χ3n) is 2.48. The van der Waals surface area contributed by atoms with Crippen LogP contribution in [0.15, 0.2) is 30.9 Å². The average Bonchev–Trinajstić information content (AvgIpc) is 2.16. The second-order valence-electron chi connectivity index (χ2n) is 3.34. The summed E-state index contributed by atoms with van der Waals surface area (Å²) in [6, 6.07) is 6.38. The van der Waals surface area contributed by atoms with E-state index in [1.54, 1.807) is 0 Å². The summed E-state index contributed by atoms with van der Waals surface area (Å²) in [5.74, 6) is 0.217. The van der Waals surface area contributed by atoms with Crippen LogP contribution in [0.25, 0.3) is 0 Å². The topological polar surface area (TPSA) is 0 Å². The van der Waals surface area contributed by atoms with Gasteiger partial charge < -0.3 is 0 Å². The van der Waals surface area contributed by atoms with Crippen LogP contribution in [0.4, 0.5) is 0 Å². The van der Waals surface area contributed by atoms with E-state index in [2.05, 4.69) is 45.5 Å². The first-order chi connectivity index (χ1) is 6.20. The van der Waals surface area contributed by atoms with E-state index in [4.69, 9.17) is 0 Å². The summed E-state index contributed by atoms with van der Waals surface area (Å²) < 4.78 is 0. The number of benzene rings is 1. The third-order valence-corrected chi connectivity index (χ3v) is 2.48. The van der Waals surface area contributed by atoms with Crippen molar-refractivity contribution in [3.05, 3.63) is 54.5 Å². The molecule has 0 N–H and O–H groups in total. The lowest BCUT2D eigenvalue weighted by Gasteiger charge is -2.14. The van der Waals surface area contributed by atoms with Crippen molar-refractivity contribution in [2.45, 2.75) is 26.2 Å². The van der Waals surface area contributed by atoms with E-state index < -0.39 is 0 Å². The Labute approximate surface area is 81.3 Å². The number of hydrogen-bond donors (Lipinski definition) is 0. The van der Waals surface area contributed by atoms with Gasteiger partial charge >= 0.3 is 0 Å². The molecule has 1 atom stereocenters. The van der Waals surface area contributed by atoms with Crippen LogP contribution in [0.1, 0.15) is 29.5 Å². The highest BCUT2D eigenvalue weighted by molar-refractivity contribution is 5.38. The highest BCUT2D eigenvalue weighted by atomic mass is 14.1. The maximum Gasteiger partial charge on any atom is 0.00184 e. The summed E-state index contributed by atoms with van der Waals surface area (Å²) in [4.78, 5) is 0. The van der Waals surface area contributed by atoms with Gasteiger partial charge in [-0.2, -0.15) is 0 Å². The fourth-order valence-corrected chi connectivity index (χ4v) is 1.68. The molecule has 0 heterocycles. The van der Waals surface area contributed by atoms with Gasteiger partial charge in [0.05, 0.1) is 0 Å². The van der Waals surface area contributed by atoms with Crippen molar-refractivity contribution in [3.63, 3.8) is 0 Å². The Balaban J connectivity index is 3.19. The van der Waals surface area contributed by atoms with Crippen molar-refractivity contribution in [2.75, 3.05) is 0 Å². The van der Waals surface area contributed by atoms with Gasteiger partial charge in [-0.1, -0.05) is 31.2 Å². The minimum atomic E-state index is 0.217. The predicted octanol–water partition coefficient (Wildman–Crippen LogP) is 3.66. The molecule has 0 heteroatoms. The minimum Gasteiger partial charge on any atom is -0.102 e. The zero-order valence-corrected chi connectivity index (χ0v) is 8.51. The van der Waals surface area contributed by atoms with Crippen molar-refractivity contribution in [2.24, 2.45) is 0 Å². The molecular weight excluding hydrogens is 156 g/mol. The summed E-state index contributed by atoms with van der Waals surface area (Å²) in [7, 11) is 0. The SMILES string of the molecule is [CH2]C(C=C)c1cccc(C)c1CC. The van der Waals surface area contributed by atoms with Gasteiger partial charge in [0.1, 0.15) is 0 Å². The summed E-state index contributed by atoms with van der Waals surface area (Å²) in [5.41, 5.74) is 4.09. The Hall–Kier alpha value is -1.04. The number of allylic oxidation sites excluding steroid dienone is 1. The molecule has 0 amide bonds. The molecule has 1 aromatic carbocycles. The molecule has 0 aromatic heterocycles. The lowest BCUT2D eigenvalue weighted by atomic mass is 9.91. The van der Waals surface area contributed by atoms with Crippen LogP contribution in [0.2, 0.25) is 0 Å². The van der Waals surface area contributed by atoms with Gasteiger partial charge in [0.25, 0.3) is 0 Å². The normalized spacial score (nSPS) is 12.5. The van der Waals surface area contributed by atoms with Gasteiger partial charge in [-0.05, 0) is 37.0 Å². The first-order valence-corrected chi connectivity index (χ1v) is 4.74. The summed E-state index contributed by atoms with van der Waals surface area (Å²) in [6.45, 7) is 12.2. The fraction of sp³-hybridized carbons (Fsp3) is 0.308. The smallest absolute Gasteiger partial charge is 0.00184 e. The van der Waals surface area contributed by atoms with Crippen LogP contribution < -0.4 is 0 Å². The summed E-state index contributed by atoms with van der Waals surface area (Å²) in [6.07, 6.45) is 2.97. The molecule has 0 fully saturated rings. The summed E-state index contributed by atoms with van der Waals surface area (Å²) in [5, 5.41) is 0. The molecule has 1 radical (unpaired) electrons. The Bertz CT molecular complexity index is 297. The van der Waals surface area contributed by atoms with Crippen molar-refractivity contribution in [3.8, 4) is 0 Å². The van der Waals surface area contributed by atoms with E-state index in [9.17, 15) is 0 Å². The number of rotatable bonds is 3. The molecule has 0 nitrogen and oxygen atoms in total. The number of hydrogen-bond acceptors (Lipinski definition) is 0. The molecule has 0 aliphatic rings. The molecule has 1 unspecified atom stereocenters. The van der Waals surface area contributed by atoms with Gasteiger partial charge in [-0.15, -0.1) is 6.58 Å². The zero-order valence-electron chi connectivity index (χ0n) is 8.51. The van der Waals surface area contributed by atoms with E-state index in [-0.39, 0.29) is 5.92 Å². The van der Waals surface area contributed by atoms with Crippen LogP contribution in [-0.2, 0) is 6.42 Å². The molecule has 69 valence electrons. The van der Waals surface area contributed by atoms with Crippen LogP contribution in [0, 0.1) is 13.8 Å². The van der Waals surface area contributed by atoms with E-state index in [1.165, 1.54) is 16.7 Å². The molecule has 0 aliphatic heterocycles. The van der Waals surface area contributed by atoms with Gasteiger partial charge in [0.2, 0.25) is 0 Å². The zero-order chi connectivity index (χ0) is 9.84. The monoisotopic (exact) mass is 173 g/mol. The van der Waals surface area contributed by atoms with Crippen LogP contribution in [0.5, 0.6) is 0 Å². The predicted molar refractivity (Wildman–Crippen MR) is 58.9 cm³/mol. The highest BCUT2D eigenvalue weighted by Gasteiger charge is 2.07. The molecular formula is C13H17. The van der Waals surface area contributed by atoms with Crippen LogP contribution in [0.3, 0.4) is 0 Å². The number of aryl methyl sites for hydroxylation is 1. The molecule has 1 rings (SSSR count). The molecule has 1 aromatic rings. The fourth-order valence-electron chi connectivity index (χ4n) is 1.68. The summed E-state index contributed by atoms with van der Waals surface area (Å²) >= 11 is 0. The van der Waals surface area contributed by atoms with E-state index >= 15 is 0 Å². The molecule has 0 saturated heterocycles. The second-order valence-corrected chi connectivity index (χ2v) is 3.34. The Morgan fingerprint density at radius 1 is 1.46 bits per heavy atom. The maximum absolute atomic E-state index is 4.06. The standard InChI is InChI=1S/C13H17/c1-5-10(3)13-9-7-8-11(4)12(13)6-2/h5,7-10H,1,3,6H2,2,4H3. The van der Waals surface area contributed by atoms with E-state index in [1.807, 2.05) is 6.08 Å². The second kappa shape index (κ2) is 4.27. The molecule has 0 spiro atoms. The molecule has 13 heavy (non-hydrogen) atoms. The Morgan fingerprint density at radius 3 is 2.69 bits per heavy atom. The minimum absolute atomic E-state index is 0.217. The van der Waals surface area contributed by atoms with Gasteiger partial charge in [-0.25, -0.2) is 0 Å². The largest absolute Gasteiger partial charge is 0.102 e. The van der Waals surface area contributed by atoms with Gasteiger partial charge in [-0.3, -0.25) is 0 Å². The van der Waals surface area contributed by atoms with Crippen LogP contribution >= 0.6 is 0 Å². The van der Waals surface area contributed by atoms with Crippen LogP contribution in [-0.4, -0.2) is 0 Å². The van der Waals surface area contributed by atoms with E-state index in [0.717, 1.165) is 6.42 Å². The van der Waals surface area contributed by atoms with Crippen molar-refractivity contribution in [1.82, 2.24) is 0 Å². The lowest BCUT2D eigenvalue weighted by molar-refractivity contribution is 0.991. The third kappa shape index (κ3) is 2.00. The maximum atomic E-state index is 4.06. The Morgan fingerprint density at radius 2 is 2.15 bits per heavy atom. The van der Waals surface area contributed by atoms with Crippen molar-refractivity contribution in [1.29, 1.82) is 0 Å². The molecule has 0 saturated carbocycles. The first-order valence-electron chi connectivity index (χ1n) is 4.74. The van der Waals surface area contributed by atoms with Crippen molar-refractivity contribution >= 4 is 0 Å². The van der Waals surface area contributed by atoms with E-state index in [0.29, 0.717) is 0 Å².